The van der Waals surface area contributed by atoms with Crippen LogP contribution in [0.25, 0.3) is 0 Å². The van der Waals surface area contributed by atoms with E-state index in [1.165, 1.54) is 14.2 Å². The summed E-state index contributed by atoms with van der Waals surface area (Å²) in [7, 11) is 2.75. The maximum atomic E-state index is 12.3. The second kappa shape index (κ2) is 8.47. The number of esters is 2. The molecule has 4 heteroatoms. The fraction of sp³-hybridized carbons (Fsp3) is 0.333. The van der Waals surface area contributed by atoms with E-state index < -0.39 is 5.97 Å². The summed E-state index contributed by atoms with van der Waals surface area (Å²) in [5, 5.41) is 0. The number of methoxy groups -OCH3 is 2. The maximum absolute atomic E-state index is 12.3. The molecule has 0 saturated carbocycles. The van der Waals surface area contributed by atoms with Gasteiger partial charge in [0.05, 0.1) is 25.7 Å². The second-order valence-electron chi connectivity index (χ2n) is 6.21. The summed E-state index contributed by atoms with van der Waals surface area (Å²) in [4.78, 5) is 24.4. The van der Waals surface area contributed by atoms with Crippen molar-refractivity contribution in [1.82, 2.24) is 0 Å². The molecule has 0 radical (unpaired) electrons. The van der Waals surface area contributed by atoms with Gasteiger partial charge < -0.3 is 9.47 Å². The molecule has 0 aromatic heterocycles. The Morgan fingerprint density at radius 2 is 1.60 bits per heavy atom. The zero-order valence-corrected chi connectivity index (χ0v) is 15.2. The molecular weight excluding hydrogens is 316 g/mol. The van der Waals surface area contributed by atoms with E-state index in [1.807, 2.05) is 50.2 Å². The van der Waals surface area contributed by atoms with E-state index in [0.717, 1.165) is 22.3 Å². The minimum atomic E-state index is -0.391. The summed E-state index contributed by atoms with van der Waals surface area (Å²) in [6, 6.07) is 13.6. The Kier molecular flexibility index (Phi) is 6.34. The molecule has 2 rings (SSSR count). The van der Waals surface area contributed by atoms with E-state index >= 15 is 0 Å². The van der Waals surface area contributed by atoms with Crippen molar-refractivity contribution >= 4 is 11.9 Å². The van der Waals surface area contributed by atoms with E-state index in [9.17, 15) is 9.59 Å². The van der Waals surface area contributed by atoms with Gasteiger partial charge in [-0.2, -0.15) is 0 Å². The summed E-state index contributed by atoms with van der Waals surface area (Å²) in [6.07, 6.45) is 0.986. The summed E-state index contributed by atoms with van der Waals surface area (Å²) in [5.74, 6) is -1.03. The van der Waals surface area contributed by atoms with Crippen LogP contribution in [-0.2, 0) is 27.1 Å². The minimum absolute atomic E-state index is 0.278. The molecular formula is C21H24O4. The highest BCUT2D eigenvalue weighted by Gasteiger charge is 2.24. The average Bonchev–Trinajstić information content (AvgIpc) is 2.62. The Labute approximate surface area is 148 Å². The van der Waals surface area contributed by atoms with Crippen molar-refractivity contribution < 1.29 is 19.1 Å². The predicted molar refractivity (Wildman–Crippen MR) is 96.6 cm³/mol. The molecule has 0 spiro atoms. The zero-order chi connectivity index (χ0) is 18.4. The summed E-state index contributed by atoms with van der Waals surface area (Å²) in [5.41, 5.74) is 4.50. The Hall–Kier alpha value is -2.62. The number of ether oxygens (including phenoxy) is 2. The number of rotatable bonds is 6. The molecule has 132 valence electrons. The fourth-order valence-electron chi connectivity index (χ4n) is 2.94. The molecule has 2 aromatic carbocycles. The van der Waals surface area contributed by atoms with Crippen LogP contribution in [0.15, 0.2) is 42.5 Å². The van der Waals surface area contributed by atoms with Gasteiger partial charge in [0.25, 0.3) is 0 Å². The largest absolute Gasteiger partial charge is 0.469 e. The van der Waals surface area contributed by atoms with Crippen LogP contribution in [0.3, 0.4) is 0 Å². The summed E-state index contributed by atoms with van der Waals surface area (Å²) < 4.78 is 9.87. The third-order valence-corrected chi connectivity index (χ3v) is 4.40. The van der Waals surface area contributed by atoms with E-state index in [-0.39, 0.29) is 11.9 Å². The Morgan fingerprint density at radius 3 is 2.24 bits per heavy atom. The van der Waals surface area contributed by atoms with Crippen molar-refractivity contribution in [3.05, 3.63) is 70.3 Å². The summed E-state index contributed by atoms with van der Waals surface area (Å²) in [6.45, 7) is 3.94. The monoisotopic (exact) mass is 340 g/mol. The number of carbonyl (C=O) groups is 2. The zero-order valence-electron chi connectivity index (χ0n) is 15.2. The van der Waals surface area contributed by atoms with Gasteiger partial charge >= 0.3 is 11.9 Å². The van der Waals surface area contributed by atoms with Gasteiger partial charge in [0.1, 0.15) is 0 Å². The minimum Gasteiger partial charge on any atom is -0.469 e. The van der Waals surface area contributed by atoms with Crippen LogP contribution in [0.4, 0.5) is 0 Å². The van der Waals surface area contributed by atoms with E-state index in [1.54, 1.807) is 6.07 Å². The Balaban J connectivity index is 2.33. The average molecular weight is 340 g/mol. The second-order valence-corrected chi connectivity index (χ2v) is 6.21. The fourth-order valence-corrected chi connectivity index (χ4v) is 2.94. The number of carbonyl (C=O) groups excluding carboxylic acids is 2. The maximum Gasteiger partial charge on any atom is 0.338 e. The van der Waals surface area contributed by atoms with Crippen molar-refractivity contribution in [2.45, 2.75) is 26.7 Å². The third kappa shape index (κ3) is 4.69. The Bertz CT molecular complexity index is 764. The lowest BCUT2D eigenvalue weighted by Crippen LogP contribution is -2.23. The van der Waals surface area contributed by atoms with Crippen LogP contribution in [-0.4, -0.2) is 26.2 Å². The van der Waals surface area contributed by atoms with Crippen molar-refractivity contribution in [1.29, 1.82) is 0 Å². The predicted octanol–water partition coefficient (Wildman–Crippen LogP) is 3.66. The van der Waals surface area contributed by atoms with Gasteiger partial charge in [-0.3, -0.25) is 4.79 Å². The van der Waals surface area contributed by atoms with Crippen LogP contribution in [0.2, 0.25) is 0 Å². The first-order valence-electron chi connectivity index (χ1n) is 8.26. The Morgan fingerprint density at radius 1 is 0.920 bits per heavy atom. The van der Waals surface area contributed by atoms with Gasteiger partial charge in [0, 0.05) is 0 Å². The van der Waals surface area contributed by atoms with Crippen LogP contribution >= 0.6 is 0 Å². The van der Waals surface area contributed by atoms with Gasteiger partial charge in [-0.15, -0.1) is 0 Å². The third-order valence-electron chi connectivity index (χ3n) is 4.40. The molecule has 1 atom stereocenters. The first-order valence-corrected chi connectivity index (χ1v) is 8.26. The first kappa shape index (κ1) is 18.7. The van der Waals surface area contributed by atoms with Gasteiger partial charge in [0.15, 0.2) is 0 Å². The van der Waals surface area contributed by atoms with Crippen LogP contribution in [0.1, 0.15) is 32.6 Å². The van der Waals surface area contributed by atoms with Crippen LogP contribution in [0.5, 0.6) is 0 Å². The first-order chi connectivity index (χ1) is 12.0. The van der Waals surface area contributed by atoms with Crippen LogP contribution in [0, 0.1) is 19.8 Å². The molecule has 0 fully saturated rings. The molecule has 0 aliphatic rings. The van der Waals surface area contributed by atoms with Crippen molar-refractivity contribution in [3.8, 4) is 0 Å². The molecule has 0 amide bonds. The lowest BCUT2D eigenvalue weighted by Gasteiger charge is -2.18. The number of hydrogen-bond donors (Lipinski definition) is 0. The number of hydrogen-bond acceptors (Lipinski definition) is 4. The molecule has 0 heterocycles. The number of benzene rings is 2. The summed E-state index contributed by atoms with van der Waals surface area (Å²) >= 11 is 0. The van der Waals surface area contributed by atoms with Crippen LogP contribution < -0.4 is 0 Å². The number of aryl methyl sites for hydroxylation is 2. The van der Waals surface area contributed by atoms with E-state index in [2.05, 4.69) is 0 Å². The molecule has 0 saturated heterocycles. The van der Waals surface area contributed by atoms with Crippen molar-refractivity contribution in [2.75, 3.05) is 14.2 Å². The molecule has 25 heavy (non-hydrogen) atoms. The molecule has 0 aliphatic carbocycles. The molecule has 0 aliphatic heterocycles. The molecule has 0 N–H and O–H groups in total. The normalized spacial score (nSPS) is 11.7. The SMILES string of the molecule is COC(=O)c1cc(C)ccc1CC(Cc1ccccc1C)C(=O)OC. The highest BCUT2D eigenvalue weighted by molar-refractivity contribution is 5.91. The standard InChI is InChI=1S/C21H24O4/c1-14-9-10-17(19(11-14)21(23)25-4)13-18(20(22)24-3)12-16-8-6-5-7-15(16)2/h5-11,18H,12-13H2,1-4H3. The van der Waals surface area contributed by atoms with Crippen molar-refractivity contribution in [3.63, 3.8) is 0 Å². The quantitative estimate of drug-likeness (QED) is 0.753. The van der Waals surface area contributed by atoms with Gasteiger partial charge in [-0.25, -0.2) is 4.79 Å². The molecule has 2 aromatic rings. The van der Waals surface area contributed by atoms with Crippen molar-refractivity contribution in [2.24, 2.45) is 5.92 Å². The highest BCUT2D eigenvalue weighted by Crippen LogP contribution is 2.22. The topological polar surface area (TPSA) is 52.6 Å². The van der Waals surface area contributed by atoms with Gasteiger partial charge in [-0.05, 0) is 49.4 Å². The van der Waals surface area contributed by atoms with Gasteiger partial charge in [0.2, 0.25) is 0 Å². The molecule has 0 bridgehead atoms. The lowest BCUT2D eigenvalue weighted by atomic mass is 9.88. The molecule has 4 nitrogen and oxygen atoms in total. The highest BCUT2D eigenvalue weighted by atomic mass is 16.5. The lowest BCUT2D eigenvalue weighted by molar-refractivity contribution is -0.145. The smallest absolute Gasteiger partial charge is 0.338 e. The van der Waals surface area contributed by atoms with E-state index in [4.69, 9.17) is 9.47 Å². The van der Waals surface area contributed by atoms with Gasteiger partial charge in [-0.1, -0.05) is 42.0 Å². The van der Waals surface area contributed by atoms with E-state index in [0.29, 0.717) is 18.4 Å². The molecule has 1 unspecified atom stereocenters.